The van der Waals surface area contributed by atoms with Crippen molar-refractivity contribution in [1.29, 1.82) is 0 Å². The summed E-state index contributed by atoms with van der Waals surface area (Å²) in [6.45, 7) is 4.94. The minimum absolute atomic E-state index is 0.483. The monoisotopic (exact) mass is 259 g/mol. The minimum atomic E-state index is 0.483. The van der Waals surface area contributed by atoms with Crippen LogP contribution < -0.4 is 10.5 Å². The van der Waals surface area contributed by atoms with Gasteiger partial charge in [-0.2, -0.15) is 0 Å². The highest BCUT2D eigenvalue weighted by Crippen LogP contribution is 2.39. The maximum Gasteiger partial charge on any atom is 0.201 e. The number of nitrogen functional groups attached to an aromatic ring is 1. The molecule has 4 heteroatoms. The number of rotatable bonds is 3. The fourth-order valence-electron chi connectivity index (χ4n) is 3.18. The number of hydrogen-bond acceptors (Lipinski definition) is 3. The second-order valence-corrected chi connectivity index (χ2v) is 5.47. The number of hydrogen-bond donors (Lipinski definition) is 1. The van der Waals surface area contributed by atoms with E-state index < -0.39 is 0 Å². The van der Waals surface area contributed by atoms with E-state index in [2.05, 4.69) is 22.5 Å². The summed E-state index contributed by atoms with van der Waals surface area (Å²) in [5.41, 5.74) is 8.13. The van der Waals surface area contributed by atoms with Crippen molar-refractivity contribution in [2.75, 3.05) is 12.3 Å². The van der Waals surface area contributed by atoms with E-state index in [9.17, 15) is 0 Å². The second kappa shape index (κ2) is 4.76. The van der Waals surface area contributed by atoms with Crippen molar-refractivity contribution in [1.82, 2.24) is 9.55 Å². The maximum absolute atomic E-state index is 6.14. The molecule has 0 radical (unpaired) electrons. The lowest BCUT2D eigenvalue weighted by atomic mass is 10.1. The molecule has 1 heterocycles. The average Bonchev–Trinajstić information content (AvgIpc) is 2.93. The molecule has 2 atom stereocenters. The summed E-state index contributed by atoms with van der Waals surface area (Å²) in [4.78, 5) is 4.52. The van der Waals surface area contributed by atoms with Gasteiger partial charge in [0.15, 0.2) is 0 Å². The van der Waals surface area contributed by atoms with Crippen LogP contribution in [0.4, 0.5) is 5.95 Å². The number of aromatic nitrogens is 2. The Labute approximate surface area is 113 Å². The topological polar surface area (TPSA) is 53.1 Å². The van der Waals surface area contributed by atoms with Crippen LogP contribution in [0.2, 0.25) is 0 Å². The lowest BCUT2D eigenvalue weighted by Gasteiger charge is -2.14. The predicted molar refractivity (Wildman–Crippen MR) is 77.4 cm³/mol. The van der Waals surface area contributed by atoms with Gasteiger partial charge in [0.05, 0.1) is 12.1 Å². The Morgan fingerprint density at radius 3 is 2.95 bits per heavy atom. The van der Waals surface area contributed by atoms with E-state index in [-0.39, 0.29) is 0 Å². The van der Waals surface area contributed by atoms with E-state index in [0.29, 0.717) is 18.6 Å². The van der Waals surface area contributed by atoms with Gasteiger partial charge in [0.1, 0.15) is 11.3 Å². The molecule has 3 rings (SSSR count). The Kier molecular flexibility index (Phi) is 3.09. The van der Waals surface area contributed by atoms with E-state index in [1.807, 2.05) is 19.1 Å². The van der Waals surface area contributed by atoms with E-state index in [0.717, 1.165) is 22.7 Å². The van der Waals surface area contributed by atoms with Crippen LogP contribution in [-0.4, -0.2) is 16.2 Å². The van der Waals surface area contributed by atoms with Crippen molar-refractivity contribution in [3.63, 3.8) is 0 Å². The summed E-state index contributed by atoms with van der Waals surface area (Å²) < 4.78 is 7.84. The van der Waals surface area contributed by atoms with Crippen LogP contribution in [0.3, 0.4) is 0 Å². The fourth-order valence-corrected chi connectivity index (χ4v) is 3.18. The lowest BCUT2D eigenvalue weighted by Crippen LogP contribution is -2.08. The van der Waals surface area contributed by atoms with Crippen molar-refractivity contribution < 1.29 is 4.74 Å². The van der Waals surface area contributed by atoms with Gasteiger partial charge in [0, 0.05) is 6.04 Å². The molecule has 0 amide bonds. The zero-order valence-electron chi connectivity index (χ0n) is 11.6. The first kappa shape index (κ1) is 12.3. The van der Waals surface area contributed by atoms with Gasteiger partial charge in [-0.05, 0) is 44.2 Å². The number of para-hydroxylation sites is 1. The van der Waals surface area contributed by atoms with Gasteiger partial charge >= 0.3 is 0 Å². The van der Waals surface area contributed by atoms with Crippen molar-refractivity contribution >= 4 is 17.0 Å². The third kappa shape index (κ3) is 2.05. The molecule has 1 aromatic carbocycles. The molecule has 1 aromatic heterocycles. The number of nitrogens with zero attached hydrogens (tertiary/aromatic N) is 2. The third-order valence-corrected chi connectivity index (χ3v) is 4.04. The highest BCUT2D eigenvalue weighted by molar-refractivity contribution is 5.84. The Balaban J connectivity index is 2.09. The predicted octanol–water partition coefficient (Wildman–Crippen LogP) is 3.38. The SMILES string of the molecule is CCOc1cccc2c1nc(N)n2C1CCC(C)C1. The molecule has 0 bridgehead atoms. The van der Waals surface area contributed by atoms with Crippen LogP contribution in [0, 0.1) is 5.92 Å². The molecular weight excluding hydrogens is 238 g/mol. The lowest BCUT2D eigenvalue weighted by molar-refractivity contribution is 0.343. The van der Waals surface area contributed by atoms with Crippen LogP contribution in [0.25, 0.3) is 11.0 Å². The molecule has 2 N–H and O–H groups in total. The average molecular weight is 259 g/mol. The van der Waals surface area contributed by atoms with Crippen LogP contribution in [0.1, 0.15) is 39.2 Å². The van der Waals surface area contributed by atoms with Crippen molar-refractivity contribution in [3.8, 4) is 5.75 Å². The van der Waals surface area contributed by atoms with Crippen molar-refractivity contribution in [3.05, 3.63) is 18.2 Å². The summed E-state index contributed by atoms with van der Waals surface area (Å²) in [6, 6.07) is 6.55. The number of fused-ring (bicyclic) bond motifs is 1. The van der Waals surface area contributed by atoms with Crippen LogP contribution >= 0.6 is 0 Å². The van der Waals surface area contributed by atoms with Crippen molar-refractivity contribution in [2.45, 2.75) is 39.2 Å². The van der Waals surface area contributed by atoms with E-state index in [4.69, 9.17) is 10.5 Å². The minimum Gasteiger partial charge on any atom is -0.492 e. The quantitative estimate of drug-likeness (QED) is 0.919. The van der Waals surface area contributed by atoms with Crippen LogP contribution in [-0.2, 0) is 0 Å². The second-order valence-electron chi connectivity index (χ2n) is 5.47. The molecule has 1 aliphatic carbocycles. The van der Waals surface area contributed by atoms with Gasteiger partial charge in [0.25, 0.3) is 0 Å². The molecule has 4 nitrogen and oxygen atoms in total. The first-order chi connectivity index (χ1) is 9.20. The van der Waals surface area contributed by atoms with Gasteiger partial charge < -0.3 is 15.0 Å². The molecule has 0 aliphatic heterocycles. The van der Waals surface area contributed by atoms with E-state index in [1.54, 1.807) is 0 Å². The fraction of sp³-hybridized carbons (Fsp3) is 0.533. The molecule has 2 aromatic rings. The van der Waals surface area contributed by atoms with Gasteiger partial charge in [0.2, 0.25) is 5.95 Å². The van der Waals surface area contributed by atoms with E-state index in [1.165, 1.54) is 19.3 Å². The molecule has 0 saturated heterocycles. The Morgan fingerprint density at radius 1 is 1.42 bits per heavy atom. The summed E-state index contributed by atoms with van der Waals surface area (Å²) >= 11 is 0. The largest absolute Gasteiger partial charge is 0.492 e. The zero-order valence-corrected chi connectivity index (χ0v) is 11.6. The number of ether oxygens (including phenoxy) is 1. The standard InChI is InChI=1S/C15H21N3O/c1-3-19-13-6-4-5-12-14(13)17-15(16)18(12)11-8-7-10(2)9-11/h4-6,10-11H,3,7-9H2,1-2H3,(H2,16,17). The van der Waals surface area contributed by atoms with E-state index >= 15 is 0 Å². The molecule has 2 unspecified atom stereocenters. The molecule has 19 heavy (non-hydrogen) atoms. The first-order valence-electron chi connectivity index (χ1n) is 7.10. The molecule has 102 valence electrons. The van der Waals surface area contributed by atoms with Gasteiger partial charge in [-0.3, -0.25) is 0 Å². The van der Waals surface area contributed by atoms with Gasteiger partial charge in [-0.15, -0.1) is 0 Å². The summed E-state index contributed by atoms with van der Waals surface area (Å²) in [7, 11) is 0. The normalized spacial score (nSPS) is 23.1. The smallest absolute Gasteiger partial charge is 0.201 e. The molecule has 1 aliphatic rings. The number of nitrogens with two attached hydrogens (primary N) is 1. The molecule has 1 fully saturated rings. The van der Waals surface area contributed by atoms with Crippen LogP contribution in [0.5, 0.6) is 5.75 Å². The Hall–Kier alpha value is -1.71. The highest BCUT2D eigenvalue weighted by atomic mass is 16.5. The molecule has 1 saturated carbocycles. The van der Waals surface area contributed by atoms with Gasteiger partial charge in [-0.1, -0.05) is 13.0 Å². The van der Waals surface area contributed by atoms with Crippen LogP contribution in [0.15, 0.2) is 18.2 Å². The first-order valence-corrected chi connectivity index (χ1v) is 7.10. The Bertz CT molecular complexity index is 590. The number of anilines is 1. The van der Waals surface area contributed by atoms with Gasteiger partial charge in [-0.25, -0.2) is 4.98 Å². The Morgan fingerprint density at radius 2 is 2.26 bits per heavy atom. The summed E-state index contributed by atoms with van der Waals surface area (Å²) in [5.74, 6) is 2.22. The van der Waals surface area contributed by atoms with Crippen molar-refractivity contribution in [2.24, 2.45) is 5.92 Å². The molecule has 0 spiro atoms. The summed E-state index contributed by atoms with van der Waals surface area (Å²) in [5, 5.41) is 0. The summed E-state index contributed by atoms with van der Waals surface area (Å²) in [6.07, 6.45) is 3.65. The maximum atomic E-state index is 6.14. The number of benzene rings is 1. The molecular formula is C15H21N3O. The third-order valence-electron chi connectivity index (χ3n) is 4.04. The number of imidazole rings is 1. The highest BCUT2D eigenvalue weighted by Gasteiger charge is 2.26. The zero-order chi connectivity index (χ0) is 13.4.